The van der Waals surface area contributed by atoms with E-state index >= 15 is 0 Å². The lowest BCUT2D eigenvalue weighted by Gasteiger charge is -2.10. The molecule has 0 atom stereocenters. The molecule has 2 nitrogen and oxygen atoms in total. The number of thiazole rings is 1. The smallest absolute Gasteiger partial charge is 0.377 e. The van der Waals surface area contributed by atoms with Crippen molar-refractivity contribution in [1.82, 2.24) is 4.98 Å². The summed E-state index contributed by atoms with van der Waals surface area (Å²) < 4.78 is 50.6. The molecule has 0 aliphatic carbocycles. The van der Waals surface area contributed by atoms with E-state index in [-0.39, 0.29) is 12.2 Å². The monoisotopic (exact) mass is 290 g/mol. The molecule has 7 heteroatoms. The van der Waals surface area contributed by atoms with Crippen LogP contribution in [0.4, 0.5) is 23.2 Å². The minimum Gasteiger partial charge on any atom is -0.377 e. The van der Waals surface area contributed by atoms with Crippen LogP contribution in [-0.4, -0.2) is 4.98 Å². The zero-order chi connectivity index (χ0) is 14.0. The molecular formula is C12H10F4N2S. The number of aromatic nitrogens is 1. The predicted octanol–water partition coefficient (Wildman–Crippen LogP) is 4.22. The van der Waals surface area contributed by atoms with Crippen LogP contribution in [0.1, 0.15) is 16.3 Å². The summed E-state index contributed by atoms with van der Waals surface area (Å²) in [4.78, 5) is 4.17. The molecule has 0 unspecified atom stereocenters. The average Bonchev–Trinajstić information content (AvgIpc) is 2.72. The first kappa shape index (κ1) is 13.8. The van der Waals surface area contributed by atoms with Crippen LogP contribution in [0.3, 0.4) is 0 Å². The van der Waals surface area contributed by atoms with Crippen LogP contribution in [0.5, 0.6) is 0 Å². The fraction of sp³-hybridized carbons (Fsp3) is 0.250. The SMILES string of the molecule is Cc1nc(CNc2ccc(C(F)(F)F)cc2F)cs1. The van der Waals surface area contributed by atoms with Crippen molar-refractivity contribution in [2.75, 3.05) is 5.32 Å². The Hall–Kier alpha value is -1.63. The fourth-order valence-corrected chi connectivity index (χ4v) is 2.12. The van der Waals surface area contributed by atoms with Gasteiger partial charge in [0.15, 0.2) is 0 Å². The van der Waals surface area contributed by atoms with Crippen molar-refractivity contribution in [2.45, 2.75) is 19.6 Å². The third kappa shape index (κ3) is 3.44. The van der Waals surface area contributed by atoms with Gasteiger partial charge in [-0.15, -0.1) is 11.3 Å². The Labute approximate surface area is 111 Å². The average molecular weight is 290 g/mol. The summed E-state index contributed by atoms with van der Waals surface area (Å²) in [6.07, 6.45) is -4.54. The van der Waals surface area contributed by atoms with Crippen molar-refractivity contribution in [3.8, 4) is 0 Å². The van der Waals surface area contributed by atoms with E-state index in [1.54, 1.807) is 0 Å². The Morgan fingerprint density at radius 3 is 2.58 bits per heavy atom. The molecule has 0 bridgehead atoms. The van der Waals surface area contributed by atoms with Gasteiger partial charge in [0.1, 0.15) is 5.82 Å². The van der Waals surface area contributed by atoms with E-state index in [1.807, 2.05) is 12.3 Å². The number of aryl methyl sites for hydroxylation is 1. The Bertz CT molecular complexity index is 577. The molecular weight excluding hydrogens is 280 g/mol. The minimum absolute atomic E-state index is 0.0265. The second-order valence-corrected chi connectivity index (χ2v) is 4.97. The molecule has 0 aliphatic heterocycles. The fourth-order valence-electron chi connectivity index (χ4n) is 1.51. The summed E-state index contributed by atoms with van der Waals surface area (Å²) >= 11 is 1.46. The van der Waals surface area contributed by atoms with Crippen LogP contribution in [0.25, 0.3) is 0 Å². The number of hydrogen-bond donors (Lipinski definition) is 1. The van der Waals surface area contributed by atoms with Crippen molar-refractivity contribution in [1.29, 1.82) is 0 Å². The van der Waals surface area contributed by atoms with Crippen molar-refractivity contribution in [3.05, 3.63) is 45.7 Å². The third-order valence-electron chi connectivity index (χ3n) is 2.42. The molecule has 0 spiro atoms. The van der Waals surface area contributed by atoms with Crippen LogP contribution in [0.15, 0.2) is 23.6 Å². The van der Waals surface area contributed by atoms with E-state index < -0.39 is 17.6 Å². The summed E-state index contributed by atoms with van der Waals surface area (Å²) in [5.41, 5.74) is -0.250. The summed E-state index contributed by atoms with van der Waals surface area (Å²) in [6.45, 7) is 2.11. The molecule has 1 aromatic carbocycles. The molecule has 0 amide bonds. The van der Waals surface area contributed by atoms with Crippen LogP contribution < -0.4 is 5.32 Å². The number of benzene rings is 1. The van der Waals surface area contributed by atoms with Gasteiger partial charge in [-0.1, -0.05) is 0 Å². The van der Waals surface area contributed by atoms with Gasteiger partial charge < -0.3 is 5.32 Å². The molecule has 1 aromatic heterocycles. The van der Waals surface area contributed by atoms with E-state index in [4.69, 9.17) is 0 Å². The maximum Gasteiger partial charge on any atom is 0.416 e. The molecule has 0 radical (unpaired) electrons. The van der Waals surface area contributed by atoms with Gasteiger partial charge in [0, 0.05) is 5.38 Å². The standard InChI is InChI=1S/C12H10F4N2S/c1-7-18-9(6-19-7)5-17-11-3-2-8(4-10(11)13)12(14,15)16/h2-4,6,17H,5H2,1H3. The highest BCUT2D eigenvalue weighted by atomic mass is 32.1. The number of nitrogens with one attached hydrogen (secondary N) is 1. The first-order valence-electron chi connectivity index (χ1n) is 5.38. The van der Waals surface area contributed by atoms with E-state index in [1.165, 1.54) is 11.3 Å². The highest BCUT2D eigenvalue weighted by molar-refractivity contribution is 7.09. The summed E-state index contributed by atoms with van der Waals surface area (Å²) in [5, 5.41) is 5.41. The molecule has 1 N–H and O–H groups in total. The Kier molecular flexibility index (Phi) is 3.75. The maximum absolute atomic E-state index is 13.5. The minimum atomic E-state index is -4.54. The van der Waals surface area contributed by atoms with Crippen LogP contribution in [0, 0.1) is 12.7 Å². The van der Waals surface area contributed by atoms with Crippen molar-refractivity contribution in [2.24, 2.45) is 0 Å². The first-order valence-corrected chi connectivity index (χ1v) is 6.26. The highest BCUT2D eigenvalue weighted by Crippen LogP contribution is 2.31. The number of nitrogens with zero attached hydrogens (tertiary/aromatic N) is 1. The molecule has 0 saturated carbocycles. The van der Waals surface area contributed by atoms with E-state index in [9.17, 15) is 17.6 Å². The number of rotatable bonds is 3. The second kappa shape index (κ2) is 5.16. The molecule has 2 rings (SSSR count). The third-order valence-corrected chi connectivity index (χ3v) is 3.25. The molecule has 0 aliphatic rings. The van der Waals surface area contributed by atoms with Crippen molar-refractivity contribution >= 4 is 17.0 Å². The van der Waals surface area contributed by atoms with Gasteiger partial charge in [-0.3, -0.25) is 0 Å². The van der Waals surface area contributed by atoms with Crippen LogP contribution >= 0.6 is 11.3 Å². The molecule has 0 saturated heterocycles. The largest absolute Gasteiger partial charge is 0.416 e. The Morgan fingerprint density at radius 2 is 2.05 bits per heavy atom. The number of anilines is 1. The van der Waals surface area contributed by atoms with Gasteiger partial charge in [0.2, 0.25) is 0 Å². The highest BCUT2D eigenvalue weighted by Gasteiger charge is 2.31. The molecule has 19 heavy (non-hydrogen) atoms. The number of halogens is 4. The van der Waals surface area contributed by atoms with E-state index in [0.717, 1.165) is 22.8 Å². The lowest BCUT2D eigenvalue weighted by molar-refractivity contribution is -0.137. The zero-order valence-electron chi connectivity index (χ0n) is 9.88. The van der Waals surface area contributed by atoms with Gasteiger partial charge in [0.25, 0.3) is 0 Å². The normalized spacial score (nSPS) is 11.6. The predicted molar refractivity (Wildman–Crippen MR) is 65.6 cm³/mol. The van der Waals surface area contributed by atoms with E-state index in [0.29, 0.717) is 6.07 Å². The van der Waals surface area contributed by atoms with Gasteiger partial charge >= 0.3 is 6.18 Å². The lowest BCUT2D eigenvalue weighted by Crippen LogP contribution is -2.07. The quantitative estimate of drug-likeness (QED) is 0.856. The summed E-state index contributed by atoms with van der Waals surface area (Å²) in [6, 6.07) is 2.41. The van der Waals surface area contributed by atoms with Gasteiger partial charge in [0.05, 0.1) is 28.5 Å². The Morgan fingerprint density at radius 1 is 1.32 bits per heavy atom. The summed E-state index contributed by atoms with van der Waals surface area (Å²) in [7, 11) is 0. The van der Waals surface area contributed by atoms with Gasteiger partial charge in [-0.05, 0) is 25.1 Å². The van der Waals surface area contributed by atoms with Crippen LogP contribution in [-0.2, 0) is 12.7 Å². The van der Waals surface area contributed by atoms with Crippen LogP contribution in [0.2, 0.25) is 0 Å². The molecule has 102 valence electrons. The zero-order valence-corrected chi connectivity index (χ0v) is 10.7. The lowest BCUT2D eigenvalue weighted by atomic mass is 10.2. The molecule has 0 fully saturated rings. The maximum atomic E-state index is 13.5. The molecule has 1 heterocycles. The van der Waals surface area contributed by atoms with Gasteiger partial charge in [-0.25, -0.2) is 9.37 Å². The second-order valence-electron chi connectivity index (χ2n) is 3.90. The number of alkyl halides is 3. The Balaban J connectivity index is 2.09. The first-order chi connectivity index (χ1) is 8.86. The van der Waals surface area contributed by atoms with Crippen molar-refractivity contribution in [3.63, 3.8) is 0 Å². The molecule has 2 aromatic rings. The topological polar surface area (TPSA) is 24.9 Å². The van der Waals surface area contributed by atoms with E-state index in [2.05, 4.69) is 10.3 Å². The summed E-state index contributed by atoms with van der Waals surface area (Å²) in [5.74, 6) is -0.929. The number of hydrogen-bond acceptors (Lipinski definition) is 3. The van der Waals surface area contributed by atoms with Crippen molar-refractivity contribution < 1.29 is 17.6 Å². The van der Waals surface area contributed by atoms with Gasteiger partial charge in [-0.2, -0.15) is 13.2 Å².